The van der Waals surface area contributed by atoms with Crippen molar-refractivity contribution >= 4 is 34.2 Å². The largest absolute Gasteiger partial charge is 0.345 e. The van der Waals surface area contributed by atoms with Crippen LogP contribution in [0.15, 0.2) is 16.7 Å². The normalized spacial score (nSPS) is 19.9. The number of likely N-dealkylation sites (tertiary alicyclic amines) is 1. The number of nitrogens with two attached hydrogens (primary N) is 1. The fraction of sp³-hybridized carbons (Fsp3) is 0.545. The average Bonchev–Trinajstić information content (AvgIpc) is 2.57. The molecule has 17 heavy (non-hydrogen) atoms. The van der Waals surface area contributed by atoms with E-state index in [4.69, 9.17) is 5.73 Å². The molecular weight excluding hydrogens is 305 g/mol. The van der Waals surface area contributed by atoms with E-state index in [1.807, 2.05) is 28.8 Å². The van der Waals surface area contributed by atoms with Crippen molar-refractivity contribution in [1.29, 1.82) is 0 Å². The van der Waals surface area contributed by atoms with Crippen LogP contribution < -0.4 is 5.73 Å². The molecule has 0 saturated carbocycles. The summed E-state index contributed by atoms with van der Waals surface area (Å²) in [7, 11) is 1.88. The Morgan fingerprint density at radius 2 is 2.29 bits per heavy atom. The van der Waals surface area contributed by atoms with E-state index in [1.165, 1.54) is 0 Å². The summed E-state index contributed by atoms with van der Waals surface area (Å²) in [6, 6.07) is 1.98. The lowest BCUT2D eigenvalue weighted by atomic mass is 10.1. The second-order valence-corrected chi connectivity index (χ2v) is 5.22. The highest BCUT2D eigenvalue weighted by atomic mass is 79.9. The van der Waals surface area contributed by atoms with Gasteiger partial charge in [-0.1, -0.05) is 0 Å². The molecule has 0 spiro atoms. The molecule has 0 aromatic carbocycles. The molecule has 0 unspecified atom stereocenters. The van der Waals surface area contributed by atoms with E-state index in [9.17, 15) is 4.79 Å². The number of aryl methyl sites for hydroxylation is 1. The van der Waals surface area contributed by atoms with Gasteiger partial charge in [-0.25, -0.2) is 0 Å². The summed E-state index contributed by atoms with van der Waals surface area (Å²) in [6.07, 6.45) is 3.90. The molecule has 1 aromatic heterocycles. The van der Waals surface area contributed by atoms with Crippen molar-refractivity contribution in [2.45, 2.75) is 18.9 Å². The molecular formula is C11H17BrClN3O. The third kappa shape index (κ3) is 3.24. The Bertz CT molecular complexity index is 407. The number of hydrogen-bond donors (Lipinski definition) is 1. The van der Waals surface area contributed by atoms with Crippen molar-refractivity contribution in [1.82, 2.24) is 9.47 Å². The van der Waals surface area contributed by atoms with Crippen LogP contribution in [0.4, 0.5) is 0 Å². The van der Waals surface area contributed by atoms with Gasteiger partial charge in [-0.2, -0.15) is 0 Å². The van der Waals surface area contributed by atoms with Crippen LogP contribution in [-0.2, 0) is 7.05 Å². The Balaban J connectivity index is 0.00000144. The minimum absolute atomic E-state index is 0. The fourth-order valence-electron chi connectivity index (χ4n) is 2.09. The molecule has 1 aromatic rings. The zero-order valence-corrected chi connectivity index (χ0v) is 12.1. The quantitative estimate of drug-likeness (QED) is 0.857. The second-order valence-electron chi connectivity index (χ2n) is 4.31. The van der Waals surface area contributed by atoms with E-state index in [2.05, 4.69) is 15.9 Å². The van der Waals surface area contributed by atoms with Crippen LogP contribution in [0, 0.1) is 0 Å². The number of amides is 1. The maximum atomic E-state index is 12.2. The van der Waals surface area contributed by atoms with Gasteiger partial charge in [-0.05, 0) is 34.8 Å². The Hall–Kier alpha value is -0.520. The molecule has 2 rings (SSSR count). The lowest BCUT2D eigenvalue weighted by Gasteiger charge is -2.30. The Morgan fingerprint density at radius 3 is 2.82 bits per heavy atom. The maximum absolute atomic E-state index is 12.2. The van der Waals surface area contributed by atoms with Crippen molar-refractivity contribution in [2.75, 3.05) is 13.1 Å². The van der Waals surface area contributed by atoms with Crippen molar-refractivity contribution in [3.8, 4) is 0 Å². The summed E-state index contributed by atoms with van der Waals surface area (Å²) in [5, 5.41) is 0. The number of nitrogens with zero attached hydrogens (tertiary/aromatic N) is 2. The van der Waals surface area contributed by atoms with Gasteiger partial charge in [-0.3, -0.25) is 4.79 Å². The van der Waals surface area contributed by atoms with Crippen LogP contribution in [0.3, 0.4) is 0 Å². The molecule has 1 fully saturated rings. The number of rotatable bonds is 1. The third-order valence-electron chi connectivity index (χ3n) is 2.94. The first-order valence-corrected chi connectivity index (χ1v) is 6.24. The SMILES string of the molecule is Cl.Cn1cc(Br)cc1C(=O)N1CCC[C@@H](N)C1. The zero-order valence-electron chi connectivity index (χ0n) is 9.73. The van der Waals surface area contributed by atoms with Gasteiger partial charge in [-0.15, -0.1) is 12.4 Å². The number of carbonyl (C=O) groups is 1. The maximum Gasteiger partial charge on any atom is 0.270 e. The molecule has 1 aliphatic heterocycles. The summed E-state index contributed by atoms with van der Waals surface area (Å²) in [5.41, 5.74) is 6.58. The monoisotopic (exact) mass is 321 g/mol. The van der Waals surface area contributed by atoms with E-state index in [0.717, 1.165) is 23.9 Å². The van der Waals surface area contributed by atoms with E-state index < -0.39 is 0 Å². The number of carbonyl (C=O) groups excluding carboxylic acids is 1. The summed E-state index contributed by atoms with van der Waals surface area (Å²) in [6.45, 7) is 1.48. The first-order chi connectivity index (χ1) is 7.58. The minimum Gasteiger partial charge on any atom is -0.345 e. The topological polar surface area (TPSA) is 51.3 Å². The Kier molecular flexibility index (Phi) is 5.04. The van der Waals surface area contributed by atoms with Crippen molar-refractivity contribution in [3.05, 3.63) is 22.4 Å². The van der Waals surface area contributed by atoms with Gasteiger partial charge in [0, 0.05) is 36.8 Å². The lowest BCUT2D eigenvalue weighted by Crippen LogP contribution is -2.46. The predicted octanol–water partition coefficient (Wildman–Crippen LogP) is 1.77. The molecule has 6 heteroatoms. The second kappa shape index (κ2) is 5.89. The molecule has 96 valence electrons. The molecule has 0 aliphatic carbocycles. The van der Waals surface area contributed by atoms with Crippen molar-refractivity contribution < 1.29 is 4.79 Å². The number of hydrogen-bond acceptors (Lipinski definition) is 2. The van der Waals surface area contributed by atoms with E-state index >= 15 is 0 Å². The van der Waals surface area contributed by atoms with Gasteiger partial charge in [0.1, 0.15) is 5.69 Å². The molecule has 1 saturated heterocycles. The van der Waals surface area contributed by atoms with Gasteiger partial charge < -0.3 is 15.2 Å². The lowest BCUT2D eigenvalue weighted by molar-refractivity contribution is 0.0699. The Morgan fingerprint density at radius 1 is 1.59 bits per heavy atom. The van der Waals surface area contributed by atoms with Crippen LogP contribution in [0.5, 0.6) is 0 Å². The van der Waals surface area contributed by atoms with Crippen LogP contribution >= 0.6 is 28.3 Å². The summed E-state index contributed by atoms with van der Waals surface area (Å²) < 4.78 is 2.77. The van der Waals surface area contributed by atoms with Gasteiger partial charge in [0.25, 0.3) is 5.91 Å². The highest BCUT2D eigenvalue weighted by Gasteiger charge is 2.23. The van der Waals surface area contributed by atoms with Gasteiger partial charge >= 0.3 is 0 Å². The van der Waals surface area contributed by atoms with Gasteiger partial charge in [0.05, 0.1) is 0 Å². The molecule has 4 nitrogen and oxygen atoms in total. The first kappa shape index (κ1) is 14.5. The van der Waals surface area contributed by atoms with Crippen molar-refractivity contribution in [3.63, 3.8) is 0 Å². The fourth-order valence-corrected chi connectivity index (χ4v) is 2.62. The predicted molar refractivity (Wildman–Crippen MR) is 73.5 cm³/mol. The average molecular weight is 323 g/mol. The van der Waals surface area contributed by atoms with Crippen LogP contribution in [0.1, 0.15) is 23.3 Å². The zero-order chi connectivity index (χ0) is 11.7. The molecule has 2 N–H and O–H groups in total. The van der Waals surface area contributed by atoms with Crippen LogP contribution in [0.25, 0.3) is 0 Å². The smallest absolute Gasteiger partial charge is 0.270 e. The summed E-state index contributed by atoms with van der Waals surface area (Å²) in [5.74, 6) is 0.0725. The van der Waals surface area contributed by atoms with Crippen molar-refractivity contribution in [2.24, 2.45) is 12.8 Å². The van der Waals surface area contributed by atoms with E-state index in [0.29, 0.717) is 12.2 Å². The summed E-state index contributed by atoms with van der Waals surface area (Å²) >= 11 is 3.37. The molecule has 1 atom stereocenters. The number of halogens is 2. The number of aromatic nitrogens is 1. The minimum atomic E-state index is 0. The molecule has 1 amide bonds. The molecule has 1 aliphatic rings. The molecule has 0 radical (unpaired) electrons. The molecule has 0 bridgehead atoms. The third-order valence-corrected chi connectivity index (χ3v) is 3.37. The molecule has 2 heterocycles. The van der Waals surface area contributed by atoms with E-state index in [-0.39, 0.29) is 24.4 Å². The van der Waals surface area contributed by atoms with Crippen LogP contribution in [-0.4, -0.2) is 34.5 Å². The van der Waals surface area contributed by atoms with Gasteiger partial charge in [0.15, 0.2) is 0 Å². The van der Waals surface area contributed by atoms with E-state index in [1.54, 1.807) is 0 Å². The Labute approximate surface area is 116 Å². The number of piperidine rings is 1. The standard InChI is InChI=1S/C11H16BrN3O.ClH/c1-14-6-8(12)5-10(14)11(16)15-4-2-3-9(13)7-15;/h5-6,9H,2-4,7,13H2,1H3;1H/t9-;/m1./s1. The van der Waals surface area contributed by atoms with Gasteiger partial charge in [0.2, 0.25) is 0 Å². The summed E-state index contributed by atoms with van der Waals surface area (Å²) in [4.78, 5) is 14.1. The highest BCUT2D eigenvalue weighted by Crippen LogP contribution is 2.17. The van der Waals surface area contributed by atoms with Crippen LogP contribution in [0.2, 0.25) is 0 Å². The first-order valence-electron chi connectivity index (χ1n) is 5.44. The highest BCUT2D eigenvalue weighted by molar-refractivity contribution is 9.10.